The minimum absolute atomic E-state index is 0.238. The van der Waals surface area contributed by atoms with Crippen molar-refractivity contribution in [1.29, 1.82) is 0 Å². The molecule has 0 aliphatic rings. The number of benzene rings is 2. The lowest BCUT2D eigenvalue weighted by Crippen LogP contribution is -2.28. The molecule has 0 bridgehead atoms. The quantitative estimate of drug-likeness (QED) is 0.321. The number of carbonyl (C=O) groups is 1. The van der Waals surface area contributed by atoms with Crippen molar-refractivity contribution in [3.05, 3.63) is 69.2 Å². The summed E-state index contributed by atoms with van der Waals surface area (Å²) >= 11 is 12.0. The third-order valence-electron chi connectivity index (χ3n) is 4.03. The van der Waals surface area contributed by atoms with Crippen molar-refractivity contribution in [3.8, 4) is 0 Å². The summed E-state index contributed by atoms with van der Waals surface area (Å²) in [7, 11) is 1.35. The number of carbonyl (C=O) groups excluding carboxylic acids is 1. The third kappa shape index (κ3) is 6.51. The van der Waals surface area contributed by atoms with Gasteiger partial charge in [0.25, 0.3) is 0 Å². The molecular weight excluding hydrogens is 401 g/mol. The Labute approximate surface area is 175 Å². The maximum Gasteiger partial charge on any atom is 0.335 e. The molecular formula is C21H23Cl2NO4. The minimum Gasteiger partial charge on any atom is -0.467 e. The number of methoxy groups -OCH3 is 1. The second-order valence-corrected chi connectivity index (χ2v) is 6.90. The van der Waals surface area contributed by atoms with E-state index in [4.69, 9.17) is 37.5 Å². The van der Waals surface area contributed by atoms with Crippen molar-refractivity contribution >= 4 is 34.9 Å². The van der Waals surface area contributed by atoms with Gasteiger partial charge in [0, 0.05) is 28.6 Å². The van der Waals surface area contributed by atoms with Crippen molar-refractivity contribution in [3.63, 3.8) is 0 Å². The van der Waals surface area contributed by atoms with E-state index in [2.05, 4.69) is 5.16 Å². The van der Waals surface area contributed by atoms with Crippen LogP contribution in [0.1, 0.15) is 30.5 Å². The standard InChI is InChI=1S/C21H23Cl2NO4/c1-4-27-20(21(25)26-3)11-15-6-5-7-16(10-15)14(2)24-28-13-17-8-9-18(22)12-19(17)23/h5-10,12,20H,4,11,13H2,1-3H3/b24-14+/t20-/m0/s1. The number of hydrogen-bond donors (Lipinski definition) is 0. The van der Waals surface area contributed by atoms with Crippen molar-refractivity contribution in [2.75, 3.05) is 13.7 Å². The second kappa shape index (κ2) is 11.1. The summed E-state index contributed by atoms with van der Waals surface area (Å²) in [5.41, 5.74) is 3.34. The van der Waals surface area contributed by atoms with Crippen LogP contribution >= 0.6 is 23.2 Å². The number of nitrogens with zero attached hydrogens (tertiary/aromatic N) is 1. The molecule has 1 atom stereocenters. The molecule has 150 valence electrons. The Kier molecular flexibility index (Phi) is 8.77. The Hall–Kier alpha value is -2.08. The van der Waals surface area contributed by atoms with E-state index in [-0.39, 0.29) is 12.6 Å². The molecule has 0 unspecified atom stereocenters. The number of oxime groups is 1. The summed E-state index contributed by atoms with van der Waals surface area (Å²) in [5, 5.41) is 5.27. The lowest BCUT2D eigenvalue weighted by molar-refractivity contribution is -0.153. The molecule has 0 amide bonds. The highest BCUT2D eigenvalue weighted by Gasteiger charge is 2.20. The summed E-state index contributed by atoms with van der Waals surface area (Å²) in [5.74, 6) is -0.388. The number of ether oxygens (including phenoxy) is 2. The molecule has 0 fully saturated rings. The highest BCUT2D eigenvalue weighted by atomic mass is 35.5. The number of hydrogen-bond acceptors (Lipinski definition) is 5. The molecule has 5 nitrogen and oxygen atoms in total. The highest BCUT2D eigenvalue weighted by molar-refractivity contribution is 6.35. The molecule has 2 aromatic carbocycles. The zero-order valence-corrected chi connectivity index (χ0v) is 17.6. The fraction of sp³-hybridized carbons (Fsp3) is 0.333. The largest absolute Gasteiger partial charge is 0.467 e. The number of esters is 1. The van der Waals surface area contributed by atoms with Crippen LogP contribution in [0.4, 0.5) is 0 Å². The van der Waals surface area contributed by atoms with Gasteiger partial charge < -0.3 is 14.3 Å². The summed E-state index contributed by atoms with van der Waals surface area (Å²) in [6.45, 7) is 4.36. The smallest absolute Gasteiger partial charge is 0.335 e. The van der Waals surface area contributed by atoms with Crippen molar-refractivity contribution in [1.82, 2.24) is 0 Å². The predicted molar refractivity (Wildman–Crippen MR) is 111 cm³/mol. The molecule has 0 saturated heterocycles. The van der Waals surface area contributed by atoms with Crippen LogP contribution in [0.2, 0.25) is 10.0 Å². The lowest BCUT2D eigenvalue weighted by atomic mass is 10.0. The monoisotopic (exact) mass is 423 g/mol. The molecule has 7 heteroatoms. The van der Waals surface area contributed by atoms with Gasteiger partial charge in [0.05, 0.1) is 12.8 Å². The van der Waals surface area contributed by atoms with Gasteiger partial charge in [-0.25, -0.2) is 4.79 Å². The van der Waals surface area contributed by atoms with E-state index in [0.717, 1.165) is 16.7 Å². The van der Waals surface area contributed by atoms with E-state index in [9.17, 15) is 4.79 Å². The molecule has 0 aliphatic heterocycles. The molecule has 2 aromatic rings. The second-order valence-electron chi connectivity index (χ2n) is 6.06. The summed E-state index contributed by atoms with van der Waals surface area (Å²) in [6.07, 6.45) is -0.214. The van der Waals surface area contributed by atoms with Crippen LogP contribution in [0.5, 0.6) is 0 Å². The molecule has 0 heterocycles. The maximum absolute atomic E-state index is 11.8. The van der Waals surface area contributed by atoms with Gasteiger partial charge in [-0.15, -0.1) is 0 Å². The normalized spacial score (nSPS) is 12.5. The Balaban J connectivity index is 2.04. The van der Waals surface area contributed by atoms with E-state index in [0.29, 0.717) is 28.8 Å². The van der Waals surface area contributed by atoms with E-state index in [1.165, 1.54) is 7.11 Å². The molecule has 0 N–H and O–H groups in total. The molecule has 0 saturated carbocycles. The zero-order chi connectivity index (χ0) is 20.5. The van der Waals surface area contributed by atoms with Gasteiger partial charge in [0.2, 0.25) is 0 Å². The van der Waals surface area contributed by atoms with Crippen LogP contribution in [0.3, 0.4) is 0 Å². The first-order valence-corrected chi connectivity index (χ1v) is 9.59. The van der Waals surface area contributed by atoms with Crippen LogP contribution in [-0.4, -0.2) is 31.5 Å². The summed E-state index contributed by atoms with van der Waals surface area (Å²) in [6, 6.07) is 12.9. The Morgan fingerprint density at radius 1 is 1.18 bits per heavy atom. The Morgan fingerprint density at radius 2 is 1.96 bits per heavy atom. The van der Waals surface area contributed by atoms with Gasteiger partial charge in [-0.05, 0) is 43.2 Å². The Morgan fingerprint density at radius 3 is 2.64 bits per heavy atom. The lowest BCUT2D eigenvalue weighted by Gasteiger charge is -2.15. The molecule has 28 heavy (non-hydrogen) atoms. The fourth-order valence-electron chi connectivity index (χ4n) is 2.57. The average molecular weight is 424 g/mol. The van der Waals surface area contributed by atoms with E-state index in [1.807, 2.05) is 38.1 Å². The summed E-state index contributed by atoms with van der Waals surface area (Å²) < 4.78 is 10.3. The first kappa shape index (κ1) is 22.2. The molecule has 0 aliphatic carbocycles. The van der Waals surface area contributed by atoms with Gasteiger partial charge in [0.15, 0.2) is 6.10 Å². The Bertz CT molecular complexity index is 839. The summed E-state index contributed by atoms with van der Waals surface area (Å²) in [4.78, 5) is 17.3. The van der Waals surface area contributed by atoms with Gasteiger partial charge in [-0.3, -0.25) is 0 Å². The molecule has 0 aromatic heterocycles. The van der Waals surface area contributed by atoms with Crippen LogP contribution < -0.4 is 0 Å². The first-order chi connectivity index (χ1) is 13.4. The first-order valence-electron chi connectivity index (χ1n) is 8.83. The highest BCUT2D eigenvalue weighted by Crippen LogP contribution is 2.21. The average Bonchev–Trinajstić information content (AvgIpc) is 2.68. The minimum atomic E-state index is -0.634. The molecule has 2 rings (SSSR count). The van der Waals surface area contributed by atoms with Crippen molar-refractivity contribution in [2.24, 2.45) is 5.16 Å². The van der Waals surface area contributed by atoms with E-state index in [1.54, 1.807) is 18.2 Å². The maximum atomic E-state index is 11.8. The van der Waals surface area contributed by atoms with E-state index < -0.39 is 6.10 Å². The zero-order valence-electron chi connectivity index (χ0n) is 16.1. The molecule has 0 radical (unpaired) electrons. The van der Waals surface area contributed by atoms with Crippen molar-refractivity contribution < 1.29 is 19.1 Å². The van der Waals surface area contributed by atoms with Crippen LogP contribution in [0.15, 0.2) is 47.6 Å². The van der Waals surface area contributed by atoms with Crippen molar-refractivity contribution in [2.45, 2.75) is 33.0 Å². The van der Waals surface area contributed by atoms with Gasteiger partial charge >= 0.3 is 5.97 Å². The topological polar surface area (TPSA) is 57.1 Å². The van der Waals surface area contributed by atoms with E-state index >= 15 is 0 Å². The number of halogens is 2. The fourth-order valence-corrected chi connectivity index (χ4v) is 3.03. The van der Waals surface area contributed by atoms with Crippen LogP contribution in [-0.2, 0) is 32.1 Å². The van der Waals surface area contributed by atoms with Gasteiger partial charge in [-0.2, -0.15) is 0 Å². The predicted octanol–water partition coefficient (Wildman–Crippen LogP) is 5.05. The molecule has 0 spiro atoms. The third-order valence-corrected chi connectivity index (χ3v) is 4.62. The van der Waals surface area contributed by atoms with Gasteiger partial charge in [-0.1, -0.05) is 52.6 Å². The number of rotatable bonds is 9. The van der Waals surface area contributed by atoms with Crippen LogP contribution in [0, 0.1) is 0 Å². The SMILES string of the molecule is CCO[C@@H](Cc1cccc(/C(C)=N/OCc2ccc(Cl)cc2Cl)c1)C(=O)OC. The van der Waals surface area contributed by atoms with Crippen LogP contribution in [0.25, 0.3) is 0 Å². The van der Waals surface area contributed by atoms with Gasteiger partial charge in [0.1, 0.15) is 6.61 Å².